The van der Waals surface area contributed by atoms with Gasteiger partial charge < -0.3 is 9.47 Å². The summed E-state index contributed by atoms with van der Waals surface area (Å²) in [5.41, 5.74) is -1.13. The van der Waals surface area contributed by atoms with Crippen LogP contribution in [0.15, 0.2) is 12.3 Å². The molecule has 0 fully saturated rings. The quantitative estimate of drug-likeness (QED) is 0.747. The Morgan fingerprint density at radius 2 is 1.81 bits per heavy atom. The van der Waals surface area contributed by atoms with Crippen molar-refractivity contribution in [3.8, 4) is 0 Å². The Morgan fingerprint density at radius 3 is 2.38 bits per heavy atom. The van der Waals surface area contributed by atoms with Gasteiger partial charge in [0.1, 0.15) is 6.04 Å². The van der Waals surface area contributed by atoms with Crippen LogP contribution in [-0.2, 0) is 30.2 Å². The van der Waals surface area contributed by atoms with Crippen LogP contribution >= 0.6 is 0 Å². The average molecular weight is 382 g/mol. The van der Waals surface area contributed by atoms with E-state index < -0.39 is 35.8 Å². The zero-order valence-corrected chi connectivity index (χ0v) is 13.2. The van der Waals surface area contributed by atoms with Crippen LogP contribution in [-0.4, -0.2) is 41.9 Å². The largest absolute Gasteiger partial charge is 0.451 e. The second-order valence-electron chi connectivity index (χ2n) is 5.70. The summed E-state index contributed by atoms with van der Waals surface area (Å²) in [6.07, 6.45) is -8.27. The summed E-state index contributed by atoms with van der Waals surface area (Å²) >= 11 is 0. The van der Waals surface area contributed by atoms with Crippen molar-refractivity contribution in [2.75, 3.05) is 6.54 Å². The summed E-state index contributed by atoms with van der Waals surface area (Å²) in [6, 6.07) is -0.311. The zero-order chi connectivity index (χ0) is 19.3. The van der Waals surface area contributed by atoms with Crippen LogP contribution in [0.25, 0.3) is 0 Å². The van der Waals surface area contributed by atoms with Crippen molar-refractivity contribution in [2.45, 2.75) is 38.4 Å². The minimum absolute atomic E-state index is 0.0411. The fourth-order valence-corrected chi connectivity index (χ4v) is 2.64. The average Bonchev–Trinajstić information content (AvgIpc) is 3.18. The summed E-state index contributed by atoms with van der Waals surface area (Å²) in [6.45, 7) is 0.919. The molecule has 3 rings (SSSR count). The number of carbonyl (C=O) groups is 1. The summed E-state index contributed by atoms with van der Waals surface area (Å²) in [5, 5.41) is 9.90. The maximum atomic E-state index is 12.8. The molecule has 26 heavy (non-hydrogen) atoms. The van der Waals surface area contributed by atoms with E-state index >= 15 is 0 Å². The standard InChI is InChI=1S/C13H12F6N6O/c1-7(25-3-2-8(22-25)12(14,15)16)10(26)23-4-5-24-9(6-23)20-21-11(24)13(17,18)19/h2-3,7H,4-6H2,1H3. The molecule has 1 aliphatic heterocycles. The molecule has 7 nitrogen and oxygen atoms in total. The zero-order valence-electron chi connectivity index (χ0n) is 13.2. The molecule has 1 unspecified atom stereocenters. The molecular formula is C13H12F6N6O. The third kappa shape index (κ3) is 3.24. The maximum Gasteiger partial charge on any atom is 0.451 e. The van der Waals surface area contributed by atoms with Crippen molar-refractivity contribution in [3.05, 3.63) is 29.6 Å². The van der Waals surface area contributed by atoms with Crippen molar-refractivity contribution in [3.63, 3.8) is 0 Å². The normalized spacial score (nSPS) is 16.5. The Bertz CT molecular complexity index is 822. The molecule has 142 valence electrons. The predicted octanol–water partition coefficient (Wildman–Crippen LogP) is 2.12. The molecule has 3 heterocycles. The lowest BCUT2D eigenvalue weighted by Crippen LogP contribution is -2.42. The van der Waals surface area contributed by atoms with E-state index in [0.717, 1.165) is 21.5 Å². The van der Waals surface area contributed by atoms with Crippen LogP contribution < -0.4 is 0 Å². The highest BCUT2D eigenvalue weighted by Crippen LogP contribution is 2.30. The molecule has 2 aromatic heterocycles. The van der Waals surface area contributed by atoms with Crippen LogP contribution in [0.4, 0.5) is 26.3 Å². The molecule has 1 aliphatic rings. The van der Waals surface area contributed by atoms with Gasteiger partial charge in [0.05, 0.1) is 6.54 Å². The third-order valence-corrected chi connectivity index (χ3v) is 3.97. The Hall–Kier alpha value is -2.60. The van der Waals surface area contributed by atoms with Crippen molar-refractivity contribution < 1.29 is 31.1 Å². The number of halogens is 6. The number of alkyl halides is 6. The summed E-state index contributed by atoms with van der Waals surface area (Å²) < 4.78 is 78.0. The van der Waals surface area contributed by atoms with E-state index in [1.165, 1.54) is 11.8 Å². The number of carbonyl (C=O) groups excluding carboxylic acids is 1. The molecule has 0 N–H and O–H groups in total. The molecule has 0 saturated carbocycles. The molecule has 0 bridgehead atoms. The Morgan fingerprint density at radius 1 is 1.12 bits per heavy atom. The van der Waals surface area contributed by atoms with Gasteiger partial charge >= 0.3 is 12.4 Å². The second-order valence-corrected chi connectivity index (χ2v) is 5.70. The molecule has 2 aromatic rings. The predicted molar refractivity (Wildman–Crippen MR) is 72.4 cm³/mol. The van der Waals surface area contributed by atoms with E-state index in [0.29, 0.717) is 0 Å². The van der Waals surface area contributed by atoms with Gasteiger partial charge in [-0.1, -0.05) is 0 Å². The van der Waals surface area contributed by atoms with Crippen LogP contribution in [0, 0.1) is 0 Å². The first-order valence-electron chi connectivity index (χ1n) is 7.39. The van der Waals surface area contributed by atoms with Gasteiger partial charge in [0.15, 0.2) is 11.5 Å². The van der Waals surface area contributed by atoms with Gasteiger partial charge in [-0.05, 0) is 13.0 Å². The number of aromatic nitrogens is 5. The number of rotatable bonds is 2. The summed E-state index contributed by atoms with van der Waals surface area (Å²) in [5.74, 6) is -1.76. The van der Waals surface area contributed by atoms with E-state index in [2.05, 4.69) is 15.3 Å². The fourth-order valence-electron chi connectivity index (χ4n) is 2.64. The molecular weight excluding hydrogens is 370 g/mol. The van der Waals surface area contributed by atoms with E-state index in [1.807, 2.05) is 0 Å². The fraction of sp³-hybridized carbons (Fsp3) is 0.538. The van der Waals surface area contributed by atoms with Gasteiger partial charge in [-0.15, -0.1) is 10.2 Å². The second kappa shape index (κ2) is 5.99. The van der Waals surface area contributed by atoms with Crippen LogP contribution in [0.3, 0.4) is 0 Å². The first-order valence-corrected chi connectivity index (χ1v) is 7.39. The van der Waals surface area contributed by atoms with E-state index in [9.17, 15) is 31.1 Å². The van der Waals surface area contributed by atoms with Gasteiger partial charge in [-0.3, -0.25) is 9.48 Å². The van der Waals surface area contributed by atoms with Gasteiger partial charge in [-0.25, -0.2) is 0 Å². The minimum Gasteiger partial charge on any atom is -0.332 e. The number of fused-ring (bicyclic) bond motifs is 1. The van der Waals surface area contributed by atoms with Crippen molar-refractivity contribution in [2.24, 2.45) is 0 Å². The lowest BCUT2D eigenvalue weighted by Gasteiger charge is -2.30. The first-order chi connectivity index (χ1) is 12.0. The van der Waals surface area contributed by atoms with Crippen LogP contribution in [0.5, 0.6) is 0 Å². The molecule has 0 aromatic carbocycles. The molecule has 0 radical (unpaired) electrons. The first kappa shape index (κ1) is 18.2. The smallest absolute Gasteiger partial charge is 0.332 e. The minimum atomic E-state index is -4.66. The molecule has 13 heteroatoms. The highest BCUT2D eigenvalue weighted by atomic mass is 19.4. The van der Waals surface area contributed by atoms with E-state index in [1.54, 1.807) is 0 Å². The van der Waals surface area contributed by atoms with Gasteiger partial charge in [0.2, 0.25) is 11.7 Å². The molecule has 1 amide bonds. The van der Waals surface area contributed by atoms with Crippen molar-refractivity contribution in [1.29, 1.82) is 0 Å². The van der Waals surface area contributed by atoms with Crippen molar-refractivity contribution in [1.82, 2.24) is 29.4 Å². The molecule has 0 spiro atoms. The SMILES string of the molecule is CC(C(=O)N1CCn2c(nnc2C(F)(F)F)C1)n1ccc(C(F)(F)F)n1. The number of nitrogens with zero attached hydrogens (tertiary/aromatic N) is 6. The van der Waals surface area contributed by atoms with E-state index in [4.69, 9.17) is 0 Å². The van der Waals surface area contributed by atoms with Crippen molar-refractivity contribution >= 4 is 5.91 Å². The lowest BCUT2D eigenvalue weighted by atomic mass is 10.2. The van der Waals surface area contributed by atoms with Gasteiger partial charge in [0.25, 0.3) is 0 Å². The molecule has 0 aliphatic carbocycles. The Labute approximate surface area is 142 Å². The highest BCUT2D eigenvalue weighted by molar-refractivity contribution is 5.80. The number of amides is 1. The molecule has 0 saturated heterocycles. The van der Waals surface area contributed by atoms with Crippen LogP contribution in [0.1, 0.15) is 30.3 Å². The number of hydrogen-bond acceptors (Lipinski definition) is 4. The van der Waals surface area contributed by atoms with Crippen LogP contribution in [0.2, 0.25) is 0 Å². The highest BCUT2D eigenvalue weighted by Gasteiger charge is 2.40. The summed E-state index contributed by atoms with van der Waals surface area (Å²) in [7, 11) is 0. The van der Waals surface area contributed by atoms with Gasteiger partial charge in [0, 0.05) is 19.3 Å². The molecule has 1 atom stereocenters. The third-order valence-electron chi connectivity index (χ3n) is 3.97. The monoisotopic (exact) mass is 382 g/mol. The topological polar surface area (TPSA) is 68.8 Å². The number of hydrogen-bond donors (Lipinski definition) is 0. The summed E-state index contributed by atoms with van der Waals surface area (Å²) in [4.78, 5) is 13.7. The lowest BCUT2D eigenvalue weighted by molar-refractivity contribution is -0.148. The van der Waals surface area contributed by atoms with E-state index in [-0.39, 0.29) is 25.5 Å². The maximum absolute atomic E-state index is 12.8. The Balaban J connectivity index is 1.75. The van der Waals surface area contributed by atoms with Gasteiger partial charge in [-0.2, -0.15) is 31.4 Å². The Kier molecular flexibility index (Phi) is 4.19.